The molecule has 0 radical (unpaired) electrons. The summed E-state index contributed by atoms with van der Waals surface area (Å²) in [5, 5.41) is 6.15. The number of nitrogens with zero attached hydrogens (tertiary/aromatic N) is 5. The zero-order valence-corrected chi connectivity index (χ0v) is 21.4. The molecule has 8 heteroatoms. The van der Waals surface area contributed by atoms with Gasteiger partial charge in [-0.25, -0.2) is 9.97 Å². The quantitative estimate of drug-likeness (QED) is 0.593. The SMILES string of the molecule is CNC(=O)c1cn(C)c2c1C(C)(C)Cc1cnc(Nc3ccc(CN4CCN(C)CC4)cc3)nc1-2. The number of fused-ring (bicyclic) bond motifs is 3. The van der Waals surface area contributed by atoms with Crippen molar-refractivity contribution in [2.75, 3.05) is 45.6 Å². The summed E-state index contributed by atoms with van der Waals surface area (Å²) in [5.74, 6) is 0.492. The first-order valence-electron chi connectivity index (χ1n) is 12.3. The fourth-order valence-corrected chi connectivity index (χ4v) is 5.36. The molecule has 1 aliphatic carbocycles. The molecule has 0 saturated carbocycles. The Morgan fingerprint density at radius 3 is 2.49 bits per heavy atom. The van der Waals surface area contributed by atoms with Crippen molar-refractivity contribution in [1.29, 1.82) is 0 Å². The van der Waals surface area contributed by atoms with Crippen molar-refractivity contribution in [3.8, 4) is 11.4 Å². The number of nitrogens with one attached hydrogen (secondary N) is 2. The smallest absolute Gasteiger partial charge is 0.252 e. The molecule has 2 N–H and O–H groups in total. The van der Waals surface area contributed by atoms with Gasteiger partial charge in [-0.2, -0.15) is 0 Å². The summed E-state index contributed by atoms with van der Waals surface area (Å²) in [6.45, 7) is 9.80. The van der Waals surface area contributed by atoms with Crippen molar-refractivity contribution in [3.05, 3.63) is 58.9 Å². The molecule has 3 heterocycles. The lowest BCUT2D eigenvalue weighted by molar-refractivity contribution is 0.0961. The summed E-state index contributed by atoms with van der Waals surface area (Å²) in [7, 11) is 5.83. The Kier molecular flexibility index (Phi) is 6.11. The maximum absolute atomic E-state index is 12.6. The molecule has 0 atom stereocenters. The summed E-state index contributed by atoms with van der Waals surface area (Å²) in [4.78, 5) is 27.0. The molecule has 5 rings (SSSR count). The van der Waals surface area contributed by atoms with Gasteiger partial charge in [0.1, 0.15) is 0 Å². The fraction of sp³-hybridized carbons (Fsp3) is 0.444. The topological polar surface area (TPSA) is 78.3 Å². The van der Waals surface area contributed by atoms with Gasteiger partial charge < -0.3 is 20.1 Å². The molecule has 1 saturated heterocycles. The number of carbonyl (C=O) groups is 1. The minimum atomic E-state index is -0.191. The number of piperazine rings is 1. The van der Waals surface area contributed by atoms with E-state index in [-0.39, 0.29) is 11.3 Å². The first kappa shape index (κ1) is 23.5. The normalized spacial score (nSPS) is 17.5. The maximum atomic E-state index is 12.6. The fourth-order valence-electron chi connectivity index (χ4n) is 5.36. The molecule has 1 amide bonds. The lowest BCUT2D eigenvalue weighted by Crippen LogP contribution is -2.43. The molecule has 2 aliphatic rings. The van der Waals surface area contributed by atoms with Gasteiger partial charge in [-0.3, -0.25) is 9.69 Å². The number of benzene rings is 1. The largest absolute Gasteiger partial charge is 0.355 e. The highest BCUT2D eigenvalue weighted by Gasteiger charge is 2.38. The second-order valence-electron chi connectivity index (χ2n) is 10.5. The molecule has 1 fully saturated rings. The molecule has 0 spiro atoms. The average molecular weight is 474 g/mol. The standard InChI is InChI=1S/C27H35N7O/c1-27(2)14-19-15-29-26(31-23(19)24-22(27)21(17-33(24)5)25(35)28-3)30-20-8-6-18(7-9-20)16-34-12-10-32(4)11-13-34/h6-9,15,17H,10-14,16H2,1-5H3,(H,28,35)(H,29,30,31). The van der Waals surface area contributed by atoms with Gasteiger partial charge >= 0.3 is 0 Å². The van der Waals surface area contributed by atoms with Crippen LogP contribution in [0.1, 0.15) is 40.9 Å². The van der Waals surface area contributed by atoms with Crippen LogP contribution in [0.25, 0.3) is 11.4 Å². The third-order valence-electron chi connectivity index (χ3n) is 7.26. The van der Waals surface area contributed by atoms with Gasteiger partial charge in [-0.15, -0.1) is 0 Å². The minimum absolute atomic E-state index is 0.0672. The lowest BCUT2D eigenvalue weighted by Gasteiger charge is -2.32. The van der Waals surface area contributed by atoms with Crippen LogP contribution in [0.15, 0.2) is 36.7 Å². The van der Waals surface area contributed by atoms with E-state index in [9.17, 15) is 4.79 Å². The third kappa shape index (κ3) is 4.56. The summed E-state index contributed by atoms with van der Waals surface area (Å²) < 4.78 is 2.02. The van der Waals surface area contributed by atoms with E-state index in [1.807, 2.05) is 24.0 Å². The highest BCUT2D eigenvalue weighted by Crippen LogP contribution is 2.44. The Morgan fingerprint density at radius 1 is 1.09 bits per heavy atom. The van der Waals surface area contributed by atoms with Gasteiger partial charge in [-0.05, 0) is 47.7 Å². The van der Waals surface area contributed by atoms with Crippen molar-refractivity contribution in [1.82, 2.24) is 29.7 Å². The van der Waals surface area contributed by atoms with E-state index < -0.39 is 0 Å². The number of likely N-dealkylation sites (N-methyl/N-ethyl adjacent to an activating group) is 1. The Bertz CT molecular complexity index is 1240. The van der Waals surface area contributed by atoms with Crippen LogP contribution >= 0.6 is 0 Å². The highest BCUT2D eigenvalue weighted by molar-refractivity contribution is 5.98. The number of hydrogen-bond donors (Lipinski definition) is 2. The molecular weight excluding hydrogens is 438 g/mol. The molecule has 0 bridgehead atoms. The second kappa shape index (κ2) is 9.09. The monoisotopic (exact) mass is 473 g/mol. The summed E-state index contributed by atoms with van der Waals surface area (Å²) >= 11 is 0. The zero-order valence-electron chi connectivity index (χ0n) is 21.4. The highest BCUT2D eigenvalue weighted by atomic mass is 16.1. The zero-order chi connectivity index (χ0) is 24.7. The van der Waals surface area contributed by atoms with Crippen LogP contribution in [0, 0.1) is 0 Å². The van der Waals surface area contributed by atoms with Crippen molar-refractivity contribution >= 4 is 17.5 Å². The Balaban J connectivity index is 1.38. The maximum Gasteiger partial charge on any atom is 0.252 e. The molecule has 8 nitrogen and oxygen atoms in total. The van der Waals surface area contributed by atoms with Crippen LogP contribution < -0.4 is 10.6 Å². The summed E-state index contributed by atoms with van der Waals surface area (Å²) in [5.41, 5.74) is 6.81. The second-order valence-corrected chi connectivity index (χ2v) is 10.5. The van der Waals surface area contributed by atoms with Crippen molar-refractivity contribution < 1.29 is 4.79 Å². The van der Waals surface area contributed by atoms with Crippen molar-refractivity contribution in [2.45, 2.75) is 32.2 Å². The average Bonchev–Trinajstić information content (AvgIpc) is 3.20. The lowest BCUT2D eigenvalue weighted by atomic mass is 9.72. The van der Waals surface area contributed by atoms with Crippen LogP contribution in [0.4, 0.5) is 11.6 Å². The third-order valence-corrected chi connectivity index (χ3v) is 7.26. The predicted molar refractivity (Wildman–Crippen MR) is 139 cm³/mol. The van der Waals surface area contributed by atoms with E-state index in [2.05, 4.69) is 70.6 Å². The van der Waals surface area contributed by atoms with E-state index in [1.165, 1.54) is 5.56 Å². The number of carbonyl (C=O) groups excluding carboxylic acids is 1. The minimum Gasteiger partial charge on any atom is -0.355 e. The molecule has 0 unspecified atom stereocenters. The van der Waals surface area contributed by atoms with Crippen LogP contribution in [0.2, 0.25) is 0 Å². The molecule has 35 heavy (non-hydrogen) atoms. The molecule has 2 aromatic heterocycles. The van der Waals surface area contributed by atoms with Crippen molar-refractivity contribution in [2.24, 2.45) is 7.05 Å². The van der Waals surface area contributed by atoms with E-state index >= 15 is 0 Å². The molecular formula is C27H35N7O. The Labute approximate surface area is 207 Å². The number of hydrogen-bond acceptors (Lipinski definition) is 6. The van der Waals surface area contributed by atoms with E-state index in [0.29, 0.717) is 11.5 Å². The van der Waals surface area contributed by atoms with E-state index in [1.54, 1.807) is 7.05 Å². The predicted octanol–water partition coefficient (Wildman–Crippen LogP) is 3.17. The number of aromatic nitrogens is 3. The van der Waals surface area contributed by atoms with Gasteiger partial charge in [-0.1, -0.05) is 26.0 Å². The van der Waals surface area contributed by atoms with Crippen LogP contribution in [-0.2, 0) is 25.4 Å². The van der Waals surface area contributed by atoms with E-state index in [4.69, 9.17) is 4.98 Å². The first-order valence-corrected chi connectivity index (χ1v) is 12.3. The molecule has 1 aromatic carbocycles. The van der Waals surface area contributed by atoms with Crippen LogP contribution in [0.5, 0.6) is 0 Å². The van der Waals surface area contributed by atoms with Gasteiger partial charge in [0.25, 0.3) is 5.91 Å². The number of anilines is 2. The molecule has 3 aromatic rings. The summed E-state index contributed by atoms with van der Waals surface area (Å²) in [6.07, 6.45) is 4.61. The van der Waals surface area contributed by atoms with Gasteiger partial charge in [0, 0.05) is 64.9 Å². The Morgan fingerprint density at radius 2 is 1.80 bits per heavy atom. The summed E-state index contributed by atoms with van der Waals surface area (Å²) in [6, 6.07) is 8.53. The number of amides is 1. The Hall–Kier alpha value is -3.23. The molecule has 184 valence electrons. The van der Waals surface area contributed by atoms with Crippen LogP contribution in [-0.4, -0.2) is 70.5 Å². The first-order chi connectivity index (χ1) is 16.7. The van der Waals surface area contributed by atoms with Crippen LogP contribution in [0.3, 0.4) is 0 Å². The molecule has 1 aliphatic heterocycles. The number of rotatable bonds is 5. The van der Waals surface area contributed by atoms with Gasteiger partial charge in [0.2, 0.25) is 5.95 Å². The van der Waals surface area contributed by atoms with E-state index in [0.717, 1.165) is 67.3 Å². The van der Waals surface area contributed by atoms with Crippen molar-refractivity contribution in [3.63, 3.8) is 0 Å². The van der Waals surface area contributed by atoms with Gasteiger partial charge in [0.05, 0.1) is 17.0 Å². The number of aryl methyl sites for hydroxylation is 1. The van der Waals surface area contributed by atoms with Gasteiger partial charge in [0.15, 0.2) is 0 Å².